The number of rotatable bonds is 7. The van der Waals surface area contributed by atoms with Gasteiger partial charge in [0.15, 0.2) is 0 Å². The molecule has 35 heavy (non-hydrogen) atoms. The summed E-state index contributed by atoms with van der Waals surface area (Å²) < 4.78 is 5.91. The summed E-state index contributed by atoms with van der Waals surface area (Å²) in [5, 5.41) is 5.51. The fourth-order valence-corrected chi connectivity index (χ4v) is 4.26. The van der Waals surface area contributed by atoms with Gasteiger partial charge in [-0.05, 0) is 68.7 Å². The summed E-state index contributed by atoms with van der Waals surface area (Å²) in [4.78, 5) is 42.4. The van der Waals surface area contributed by atoms with E-state index < -0.39 is 6.04 Å². The lowest BCUT2D eigenvalue weighted by atomic mass is 9.92. The molecule has 0 bridgehead atoms. The number of carbonyl (C=O) groups is 3. The van der Waals surface area contributed by atoms with Crippen molar-refractivity contribution in [2.45, 2.75) is 65.8 Å². The van der Waals surface area contributed by atoms with Gasteiger partial charge in [-0.25, -0.2) is 4.79 Å². The maximum atomic E-state index is 12.5. The highest BCUT2D eigenvalue weighted by Crippen LogP contribution is 2.24. The molecule has 2 aliphatic heterocycles. The van der Waals surface area contributed by atoms with E-state index in [4.69, 9.17) is 10.5 Å². The molecule has 9 nitrogen and oxygen atoms in total. The van der Waals surface area contributed by atoms with E-state index >= 15 is 0 Å². The van der Waals surface area contributed by atoms with Gasteiger partial charge in [-0.3, -0.25) is 9.59 Å². The number of amides is 4. The van der Waals surface area contributed by atoms with E-state index in [1.54, 1.807) is 17.0 Å². The number of likely N-dealkylation sites (tertiary alicyclic amines) is 1. The number of carbonyl (C=O) groups excluding carboxylic acids is 3. The zero-order chi connectivity index (χ0) is 25.6. The van der Waals surface area contributed by atoms with Crippen LogP contribution in [0, 0.1) is 18.3 Å². The van der Waals surface area contributed by atoms with Crippen molar-refractivity contribution in [3.05, 3.63) is 29.3 Å². The molecule has 4 amide bonds. The van der Waals surface area contributed by atoms with Crippen LogP contribution in [-0.4, -0.2) is 60.9 Å². The first-order valence-corrected chi connectivity index (χ1v) is 12.5. The number of ether oxygens (including phenoxy) is 1. The molecule has 1 atom stereocenters. The second kappa shape index (κ2) is 11.6. The molecule has 4 N–H and O–H groups in total. The van der Waals surface area contributed by atoms with Crippen molar-refractivity contribution >= 4 is 23.7 Å². The second-order valence-corrected chi connectivity index (χ2v) is 10.5. The van der Waals surface area contributed by atoms with E-state index in [1.807, 2.05) is 33.8 Å². The van der Waals surface area contributed by atoms with Crippen molar-refractivity contribution in [1.29, 1.82) is 0 Å². The fraction of sp³-hybridized carbons (Fsp3) is 0.615. The Labute approximate surface area is 207 Å². The van der Waals surface area contributed by atoms with Crippen LogP contribution >= 0.6 is 0 Å². The predicted octanol–water partition coefficient (Wildman–Crippen LogP) is 3.01. The van der Waals surface area contributed by atoms with E-state index in [2.05, 4.69) is 15.6 Å². The van der Waals surface area contributed by atoms with Crippen LogP contribution in [0.4, 0.5) is 4.79 Å². The van der Waals surface area contributed by atoms with Gasteiger partial charge in [0.2, 0.25) is 5.91 Å². The molecule has 2 fully saturated rings. The third-order valence-corrected chi connectivity index (χ3v) is 6.69. The van der Waals surface area contributed by atoms with E-state index in [1.165, 1.54) is 0 Å². The summed E-state index contributed by atoms with van der Waals surface area (Å²) in [6.45, 7) is 10.3. The van der Waals surface area contributed by atoms with Crippen LogP contribution in [0.15, 0.2) is 23.2 Å². The highest BCUT2D eigenvalue weighted by atomic mass is 16.5. The minimum atomic E-state index is -0.461. The minimum absolute atomic E-state index is 0.132. The molecule has 1 unspecified atom stereocenters. The molecule has 1 aromatic rings. The largest absolute Gasteiger partial charge is 0.494 e. The Morgan fingerprint density at radius 3 is 2.54 bits per heavy atom. The average molecular weight is 486 g/mol. The van der Waals surface area contributed by atoms with Crippen molar-refractivity contribution in [3.63, 3.8) is 0 Å². The third-order valence-electron chi connectivity index (χ3n) is 6.69. The Hall–Kier alpha value is -3.10. The number of benzene rings is 1. The van der Waals surface area contributed by atoms with Gasteiger partial charge in [-0.2, -0.15) is 4.99 Å². The van der Waals surface area contributed by atoms with E-state index in [9.17, 15) is 14.4 Å². The van der Waals surface area contributed by atoms with E-state index in [0.717, 1.165) is 37.0 Å². The average Bonchev–Trinajstić information content (AvgIpc) is 3.20. The van der Waals surface area contributed by atoms with Gasteiger partial charge in [-0.15, -0.1) is 0 Å². The normalized spacial score (nSPS) is 19.4. The van der Waals surface area contributed by atoms with Gasteiger partial charge in [0, 0.05) is 30.6 Å². The molecule has 0 saturated carbocycles. The third kappa shape index (κ3) is 7.44. The number of nitrogens with one attached hydrogen (secondary N) is 2. The first kappa shape index (κ1) is 26.5. The van der Waals surface area contributed by atoms with Crippen molar-refractivity contribution < 1.29 is 19.1 Å². The van der Waals surface area contributed by atoms with Crippen LogP contribution < -0.4 is 21.1 Å². The number of hydrogen-bond acceptors (Lipinski definition) is 4. The molecule has 0 radical (unpaired) electrons. The van der Waals surface area contributed by atoms with Gasteiger partial charge < -0.3 is 26.0 Å². The maximum absolute atomic E-state index is 12.5. The minimum Gasteiger partial charge on any atom is -0.494 e. The highest BCUT2D eigenvalue weighted by molar-refractivity contribution is 5.99. The van der Waals surface area contributed by atoms with Crippen LogP contribution in [0.3, 0.4) is 0 Å². The monoisotopic (exact) mass is 485 g/mol. The van der Waals surface area contributed by atoms with Crippen LogP contribution in [0.1, 0.15) is 68.8 Å². The Kier molecular flexibility index (Phi) is 8.75. The molecular formula is C26H39N5O4. The summed E-state index contributed by atoms with van der Waals surface area (Å²) in [6, 6.07) is 4.70. The van der Waals surface area contributed by atoms with Crippen molar-refractivity contribution in [3.8, 4) is 5.75 Å². The number of aryl methyl sites for hydroxylation is 1. The molecular weight excluding hydrogens is 446 g/mol. The van der Waals surface area contributed by atoms with Crippen LogP contribution in [-0.2, 0) is 4.79 Å². The highest BCUT2D eigenvalue weighted by Gasteiger charge is 2.27. The first-order chi connectivity index (χ1) is 16.5. The molecule has 0 aliphatic carbocycles. The van der Waals surface area contributed by atoms with Crippen LogP contribution in [0.5, 0.6) is 5.75 Å². The smallest absolute Gasteiger partial charge is 0.345 e. The lowest BCUT2D eigenvalue weighted by molar-refractivity contribution is -0.120. The number of amidine groups is 1. The number of hydrogen-bond donors (Lipinski definition) is 3. The number of nitrogens with two attached hydrogens (primary N) is 1. The Morgan fingerprint density at radius 1 is 1.23 bits per heavy atom. The summed E-state index contributed by atoms with van der Waals surface area (Å²) >= 11 is 0. The lowest BCUT2D eigenvalue weighted by Crippen LogP contribution is -2.40. The summed E-state index contributed by atoms with van der Waals surface area (Å²) in [5.41, 5.74) is 6.98. The molecule has 2 saturated heterocycles. The zero-order valence-corrected chi connectivity index (χ0v) is 21.4. The molecule has 2 heterocycles. The standard InChI is InChI=1S/C26H39N5O4/c1-17-16-19(7-8-20(17)22(32)29-21-9-12-28-23(21)33)35-15-5-6-18-10-13-31(14-11-18)25(34)30-24(27)26(2,3)4/h7-8,16,18,21H,5-6,9-15H2,1-4H3,(H,28,33)(H,29,32)(H2,27,30,34). The van der Waals surface area contributed by atoms with Crippen molar-refractivity contribution in [2.75, 3.05) is 26.2 Å². The van der Waals surface area contributed by atoms with Crippen LogP contribution in [0.25, 0.3) is 0 Å². The fourth-order valence-electron chi connectivity index (χ4n) is 4.26. The SMILES string of the molecule is Cc1cc(OCCCC2CCN(C(=O)N=C(N)C(C)(C)C)CC2)ccc1C(=O)NC1CCNC1=O. The van der Waals surface area contributed by atoms with Crippen molar-refractivity contribution in [1.82, 2.24) is 15.5 Å². The first-order valence-electron chi connectivity index (χ1n) is 12.5. The second-order valence-electron chi connectivity index (χ2n) is 10.5. The molecule has 1 aromatic carbocycles. The van der Waals surface area contributed by atoms with Gasteiger partial charge in [0.25, 0.3) is 5.91 Å². The number of aliphatic imine (C=N–C) groups is 1. The molecule has 0 spiro atoms. The topological polar surface area (TPSA) is 126 Å². The molecule has 9 heteroatoms. The van der Waals surface area contributed by atoms with Gasteiger partial charge in [-0.1, -0.05) is 20.8 Å². The van der Waals surface area contributed by atoms with Gasteiger partial charge >= 0.3 is 6.03 Å². The number of nitrogens with zero attached hydrogens (tertiary/aromatic N) is 2. The molecule has 0 aromatic heterocycles. The lowest BCUT2D eigenvalue weighted by Gasteiger charge is -2.31. The van der Waals surface area contributed by atoms with Gasteiger partial charge in [0.1, 0.15) is 17.6 Å². The van der Waals surface area contributed by atoms with Crippen LogP contribution in [0.2, 0.25) is 0 Å². The molecule has 2 aliphatic rings. The summed E-state index contributed by atoms with van der Waals surface area (Å²) in [5.74, 6) is 1.28. The number of piperidine rings is 1. The van der Waals surface area contributed by atoms with E-state index in [-0.39, 0.29) is 23.3 Å². The quantitative estimate of drug-likeness (QED) is 0.311. The summed E-state index contributed by atoms with van der Waals surface area (Å²) in [6.07, 6.45) is 4.49. The van der Waals surface area contributed by atoms with E-state index in [0.29, 0.717) is 50.0 Å². The van der Waals surface area contributed by atoms with Crippen molar-refractivity contribution in [2.24, 2.45) is 22.1 Å². The van der Waals surface area contributed by atoms with Gasteiger partial charge in [0.05, 0.1) is 6.61 Å². The maximum Gasteiger partial charge on any atom is 0.345 e. The number of urea groups is 1. The molecule has 3 rings (SSSR count). The zero-order valence-electron chi connectivity index (χ0n) is 21.4. The Bertz CT molecular complexity index is 961. The Balaban J connectivity index is 1.37. The summed E-state index contributed by atoms with van der Waals surface area (Å²) in [7, 11) is 0. The molecule has 192 valence electrons. The Morgan fingerprint density at radius 2 is 1.94 bits per heavy atom. The predicted molar refractivity (Wildman–Crippen MR) is 136 cm³/mol.